The van der Waals surface area contributed by atoms with Gasteiger partial charge in [0.25, 0.3) is 0 Å². The van der Waals surface area contributed by atoms with Gasteiger partial charge < -0.3 is 14.2 Å². The zero-order valence-corrected chi connectivity index (χ0v) is 17.5. The molecule has 0 saturated carbocycles. The van der Waals surface area contributed by atoms with Crippen LogP contribution in [0.1, 0.15) is 37.5 Å². The van der Waals surface area contributed by atoms with Crippen LogP contribution in [0.4, 0.5) is 0 Å². The molecule has 1 unspecified atom stereocenters. The predicted octanol–water partition coefficient (Wildman–Crippen LogP) is 2.26. The molecule has 0 heterocycles. The van der Waals surface area contributed by atoms with E-state index in [4.69, 9.17) is 14.2 Å². The summed E-state index contributed by atoms with van der Waals surface area (Å²) in [6, 6.07) is 0.515. The van der Waals surface area contributed by atoms with E-state index in [1.807, 2.05) is 20.8 Å². The van der Waals surface area contributed by atoms with Crippen molar-refractivity contribution < 1.29 is 27.4 Å². The first-order valence-electron chi connectivity index (χ1n) is 8.23. The number of nitrogens with one attached hydrogen (secondary N) is 1. The quantitative estimate of drug-likeness (QED) is 0.722. The summed E-state index contributed by atoms with van der Waals surface area (Å²) in [5.41, 5.74) is 1.28. The first-order chi connectivity index (χ1) is 11.8. The molecule has 1 aromatic carbocycles. The van der Waals surface area contributed by atoms with Gasteiger partial charge in [0.05, 0.1) is 31.3 Å². The minimum absolute atomic E-state index is 0.125. The molecule has 0 fully saturated rings. The number of aryl methyl sites for hydroxylation is 1. The van der Waals surface area contributed by atoms with E-state index >= 15 is 0 Å². The first-order valence-corrected chi connectivity index (χ1v) is 9.71. The van der Waals surface area contributed by atoms with Crippen LogP contribution in [0.3, 0.4) is 0 Å². The number of esters is 1. The molecule has 0 aliphatic rings. The summed E-state index contributed by atoms with van der Waals surface area (Å²) in [6.07, 6.45) is 0. The van der Waals surface area contributed by atoms with Crippen molar-refractivity contribution in [2.45, 2.75) is 58.1 Å². The normalized spacial score (nSPS) is 13.4. The van der Waals surface area contributed by atoms with Crippen LogP contribution in [0.25, 0.3) is 0 Å². The fourth-order valence-electron chi connectivity index (χ4n) is 2.52. The van der Waals surface area contributed by atoms with Crippen molar-refractivity contribution in [3.05, 3.63) is 22.8 Å². The van der Waals surface area contributed by atoms with Crippen molar-refractivity contribution in [3.8, 4) is 5.75 Å². The van der Waals surface area contributed by atoms with Gasteiger partial charge in [0.1, 0.15) is 11.8 Å². The average molecular weight is 387 g/mol. The number of hydrogen-bond acceptors (Lipinski definition) is 6. The van der Waals surface area contributed by atoms with Crippen molar-refractivity contribution >= 4 is 16.0 Å². The second-order valence-electron chi connectivity index (χ2n) is 7.10. The molecule has 8 heteroatoms. The minimum Gasteiger partial charge on any atom is -0.496 e. The molecule has 0 amide bonds. The van der Waals surface area contributed by atoms with Gasteiger partial charge in [0, 0.05) is 0 Å². The predicted molar refractivity (Wildman–Crippen MR) is 99.0 cm³/mol. The molecule has 148 valence electrons. The third-order valence-electron chi connectivity index (χ3n) is 3.93. The number of sulfonamides is 1. The highest BCUT2D eigenvalue weighted by Gasteiger charge is 2.31. The topological polar surface area (TPSA) is 90.9 Å². The molecule has 0 aliphatic carbocycles. The Morgan fingerprint density at radius 2 is 1.73 bits per heavy atom. The minimum atomic E-state index is -3.98. The van der Waals surface area contributed by atoms with E-state index in [2.05, 4.69) is 4.72 Å². The molecule has 1 N–H and O–H groups in total. The third-order valence-corrected chi connectivity index (χ3v) is 5.69. The summed E-state index contributed by atoms with van der Waals surface area (Å²) in [7, 11) is -1.24. The van der Waals surface area contributed by atoms with Gasteiger partial charge in [-0.1, -0.05) is 0 Å². The lowest BCUT2D eigenvalue weighted by Crippen LogP contribution is -2.46. The van der Waals surface area contributed by atoms with Gasteiger partial charge in [0.2, 0.25) is 10.0 Å². The van der Waals surface area contributed by atoms with Gasteiger partial charge in [-0.15, -0.1) is 0 Å². The molecule has 1 aromatic rings. The van der Waals surface area contributed by atoms with Crippen molar-refractivity contribution in [2.24, 2.45) is 0 Å². The van der Waals surface area contributed by atoms with E-state index < -0.39 is 27.6 Å². The molecular weight excluding hydrogens is 358 g/mol. The van der Waals surface area contributed by atoms with E-state index in [0.29, 0.717) is 16.9 Å². The Hall–Kier alpha value is -1.64. The Morgan fingerprint density at radius 3 is 2.19 bits per heavy atom. The fraction of sp³-hybridized carbons (Fsp3) is 0.611. The van der Waals surface area contributed by atoms with Crippen LogP contribution >= 0.6 is 0 Å². The SMILES string of the molecule is COC(=O)C(COC(C)(C)C)NS(=O)(=O)c1c(C)cc(OC)c(C)c1C. The largest absolute Gasteiger partial charge is 0.496 e. The molecule has 1 atom stereocenters. The number of benzene rings is 1. The summed E-state index contributed by atoms with van der Waals surface area (Å²) >= 11 is 0. The lowest BCUT2D eigenvalue weighted by molar-refractivity contribution is -0.145. The molecular formula is C18H29NO6S. The molecule has 0 aliphatic heterocycles. The van der Waals surface area contributed by atoms with E-state index in [0.717, 1.165) is 5.56 Å². The summed E-state index contributed by atoms with van der Waals surface area (Å²) in [4.78, 5) is 12.2. The number of rotatable bonds is 7. The van der Waals surface area contributed by atoms with E-state index in [-0.39, 0.29) is 11.5 Å². The van der Waals surface area contributed by atoms with Crippen LogP contribution in [-0.2, 0) is 24.3 Å². The average Bonchev–Trinajstić information content (AvgIpc) is 2.52. The fourth-order valence-corrected chi connectivity index (χ4v) is 4.21. The maximum atomic E-state index is 13.0. The highest BCUT2D eigenvalue weighted by Crippen LogP contribution is 2.30. The Morgan fingerprint density at radius 1 is 1.15 bits per heavy atom. The summed E-state index contributed by atoms with van der Waals surface area (Å²) < 4.78 is 43.9. The maximum Gasteiger partial charge on any atom is 0.326 e. The van der Waals surface area contributed by atoms with Crippen LogP contribution in [0, 0.1) is 20.8 Å². The van der Waals surface area contributed by atoms with Crippen molar-refractivity contribution in [3.63, 3.8) is 0 Å². The smallest absolute Gasteiger partial charge is 0.326 e. The van der Waals surface area contributed by atoms with Gasteiger partial charge in [0.15, 0.2) is 0 Å². The Labute approximate surface area is 156 Å². The number of carbonyl (C=O) groups is 1. The Kier molecular flexibility index (Phi) is 7.21. The van der Waals surface area contributed by atoms with Crippen LogP contribution < -0.4 is 9.46 Å². The molecule has 0 aromatic heterocycles. The lowest BCUT2D eigenvalue weighted by Gasteiger charge is -2.24. The second kappa shape index (κ2) is 8.37. The number of methoxy groups -OCH3 is 2. The zero-order chi connectivity index (χ0) is 20.3. The highest BCUT2D eigenvalue weighted by molar-refractivity contribution is 7.89. The monoisotopic (exact) mass is 387 g/mol. The summed E-state index contributed by atoms with van der Waals surface area (Å²) in [6.45, 7) is 10.5. The standard InChI is InChI=1S/C18H29NO6S/c1-11-9-15(23-7)12(2)13(3)16(11)26(21,22)19-14(17(20)24-8)10-25-18(4,5)6/h9,14,19H,10H2,1-8H3. The summed E-state index contributed by atoms with van der Waals surface area (Å²) in [5, 5.41) is 0. The van der Waals surface area contributed by atoms with Gasteiger partial charge in [-0.05, 0) is 64.3 Å². The third kappa shape index (κ3) is 5.43. The molecule has 0 spiro atoms. The molecule has 7 nitrogen and oxygen atoms in total. The van der Waals surface area contributed by atoms with E-state index in [1.54, 1.807) is 26.8 Å². The zero-order valence-electron chi connectivity index (χ0n) is 16.7. The van der Waals surface area contributed by atoms with E-state index in [1.165, 1.54) is 14.2 Å². The lowest BCUT2D eigenvalue weighted by atomic mass is 10.1. The molecule has 1 rings (SSSR count). The number of carbonyl (C=O) groups excluding carboxylic acids is 1. The first kappa shape index (κ1) is 22.4. The van der Waals surface area contributed by atoms with Crippen molar-refractivity contribution in [2.75, 3.05) is 20.8 Å². The van der Waals surface area contributed by atoms with Crippen LogP contribution in [0.2, 0.25) is 0 Å². The van der Waals surface area contributed by atoms with Gasteiger partial charge in [-0.2, -0.15) is 4.72 Å². The van der Waals surface area contributed by atoms with Crippen LogP contribution in [-0.4, -0.2) is 46.9 Å². The summed E-state index contributed by atoms with van der Waals surface area (Å²) in [5.74, 6) is -0.0992. The van der Waals surface area contributed by atoms with Gasteiger partial charge >= 0.3 is 5.97 Å². The second-order valence-corrected chi connectivity index (χ2v) is 8.75. The van der Waals surface area contributed by atoms with E-state index in [9.17, 15) is 13.2 Å². The molecule has 0 radical (unpaired) electrons. The van der Waals surface area contributed by atoms with Crippen molar-refractivity contribution in [1.82, 2.24) is 4.72 Å². The Bertz CT molecular complexity index is 765. The van der Waals surface area contributed by atoms with Crippen LogP contribution in [0.5, 0.6) is 5.75 Å². The molecule has 0 saturated heterocycles. The highest BCUT2D eigenvalue weighted by atomic mass is 32.2. The molecule has 0 bridgehead atoms. The van der Waals surface area contributed by atoms with Gasteiger partial charge in [-0.25, -0.2) is 8.42 Å². The van der Waals surface area contributed by atoms with Crippen LogP contribution in [0.15, 0.2) is 11.0 Å². The Balaban J connectivity index is 3.27. The van der Waals surface area contributed by atoms with Crippen molar-refractivity contribution in [1.29, 1.82) is 0 Å². The molecule has 26 heavy (non-hydrogen) atoms. The van der Waals surface area contributed by atoms with Gasteiger partial charge in [-0.3, -0.25) is 4.79 Å². The number of hydrogen-bond donors (Lipinski definition) is 1. The number of ether oxygens (including phenoxy) is 3. The maximum absolute atomic E-state index is 13.0.